The summed E-state index contributed by atoms with van der Waals surface area (Å²) in [6, 6.07) is 37.0. The fraction of sp³-hybridized carbons (Fsp3) is 0. The first-order valence-electron chi connectivity index (χ1n) is 12.6. The number of fused-ring (bicyclic) bond motifs is 6. The average molecular weight is 489 g/mol. The van der Waals surface area contributed by atoms with Crippen LogP contribution in [0.5, 0.6) is 0 Å². The van der Waals surface area contributed by atoms with Crippen LogP contribution in [0.4, 0.5) is 0 Å². The molecule has 0 saturated heterocycles. The minimum absolute atomic E-state index is 0.800. The van der Waals surface area contributed by atoms with Gasteiger partial charge in [-0.1, -0.05) is 72.8 Å². The second-order valence-electron chi connectivity index (χ2n) is 9.42. The summed E-state index contributed by atoms with van der Waals surface area (Å²) in [5, 5.41) is 4.45. The Labute approximate surface area is 217 Å². The van der Waals surface area contributed by atoms with Crippen molar-refractivity contribution >= 4 is 43.9 Å². The van der Waals surface area contributed by atoms with Crippen molar-refractivity contribution in [1.29, 1.82) is 0 Å². The lowest BCUT2D eigenvalue weighted by Crippen LogP contribution is -1.90. The summed E-state index contributed by atoms with van der Waals surface area (Å²) < 4.78 is 12.6. The van der Waals surface area contributed by atoms with Crippen LogP contribution in [0.1, 0.15) is 0 Å². The second-order valence-corrected chi connectivity index (χ2v) is 9.42. The van der Waals surface area contributed by atoms with Crippen molar-refractivity contribution in [2.24, 2.45) is 0 Å². The van der Waals surface area contributed by atoms with Gasteiger partial charge >= 0.3 is 0 Å². The highest BCUT2D eigenvalue weighted by molar-refractivity contribution is 6.10. The minimum atomic E-state index is 0.800. The lowest BCUT2D eigenvalue weighted by atomic mass is 10.0. The molecule has 8 aromatic rings. The van der Waals surface area contributed by atoms with Gasteiger partial charge in [0.2, 0.25) is 0 Å². The van der Waals surface area contributed by atoms with Crippen LogP contribution < -0.4 is 0 Å². The maximum absolute atomic E-state index is 6.28. The molecule has 0 spiro atoms. The summed E-state index contributed by atoms with van der Waals surface area (Å²) in [6.07, 6.45) is 3.67. The Morgan fingerprint density at radius 1 is 0.421 bits per heavy atom. The third-order valence-corrected chi connectivity index (χ3v) is 7.21. The van der Waals surface area contributed by atoms with Gasteiger partial charge in [0, 0.05) is 45.1 Å². The molecule has 0 bridgehead atoms. The van der Waals surface area contributed by atoms with E-state index in [1.807, 2.05) is 60.9 Å². The van der Waals surface area contributed by atoms with Gasteiger partial charge in [-0.15, -0.1) is 0 Å². The number of aromatic nitrogens is 2. The average Bonchev–Trinajstić information content (AvgIpc) is 3.56. The van der Waals surface area contributed by atoms with Crippen LogP contribution in [0.25, 0.3) is 77.5 Å². The van der Waals surface area contributed by atoms with Gasteiger partial charge in [0.15, 0.2) is 0 Å². The molecule has 8 rings (SSSR count). The van der Waals surface area contributed by atoms with E-state index in [4.69, 9.17) is 8.83 Å². The minimum Gasteiger partial charge on any atom is -0.455 e. The normalized spacial score (nSPS) is 11.7. The fourth-order valence-corrected chi connectivity index (χ4v) is 5.43. The number of nitrogens with zero attached hydrogens (tertiary/aromatic N) is 2. The largest absolute Gasteiger partial charge is 0.455 e. The summed E-state index contributed by atoms with van der Waals surface area (Å²) in [5.41, 5.74) is 9.27. The molecular weight excluding hydrogens is 468 g/mol. The molecule has 0 aliphatic heterocycles. The number of rotatable bonds is 3. The number of benzene rings is 4. The molecule has 4 nitrogen and oxygen atoms in total. The summed E-state index contributed by atoms with van der Waals surface area (Å²) in [7, 11) is 0. The third-order valence-electron chi connectivity index (χ3n) is 7.21. The van der Waals surface area contributed by atoms with Gasteiger partial charge in [-0.05, 0) is 47.5 Å². The van der Waals surface area contributed by atoms with Gasteiger partial charge in [-0.3, -0.25) is 9.97 Å². The van der Waals surface area contributed by atoms with E-state index in [9.17, 15) is 0 Å². The first-order chi connectivity index (χ1) is 18.8. The highest BCUT2D eigenvalue weighted by atomic mass is 16.3. The molecule has 0 unspecified atom stereocenters. The topological polar surface area (TPSA) is 52.1 Å². The zero-order valence-electron chi connectivity index (χ0n) is 20.3. The quantitative estimate of drug-likeness (QED) is 0.249. The summed E-state index contributed by atoms with van der Waals surface area (Å²) in [4.78, 5) is 9.35. The molecule has 0 saturated carbocycles. The van der Waals surface area contributed by atoms with E-state index in [1.54, 1.807) is 0 Å². The summed E-state index contributed by atoms with van der Waals surface area (Å²) >= 11 is 0. The Kier molecular flexibility index (Phi) is 4.49. The number of furan rings is 2. The van der Waals surface area contributed by atoms with Crippen LogP contribution in [-0.2, 0) is 0 Å². The van der Waals surface area contributed by atoms with Crippen LogP contribution in [-0.4, -0.2) is 9.97 Å². The van der Waals surface area contributed by atoms with Crippen molar-refractivity contribution < 1.29 is 8.83 Å². The molecule has 0 fully saturated rings. The molecule has 0 atom stereocenters. The van der Waals surface area contributed by atoms with Gasteiger partial charge in [0.05, 0.1) is 11.4 Å². The van der Waals surface area contributed by atoms with E-state index in [0.29, 0.717) is 0 Å². The van der Waals surface area contributed by atoms with Gasteiger partial charge in [-0.2, -0.15) is 0 Å². The maximum Gasteiger partial charge on any atom is 0.143 e. The Morgan fingerprint density at radius 2 is 0.868 bits per heavy atom. The van der Waals surface area contributed by atoms with Gasteiger partial charge < -0.3 is 8.83 Å². The van der Waals surface area contributed by atoms with Crippen LogP contribution in [0.15, 0.2) is 130 Å². The third kappa shape index (κ3) is 3.17. The maximum atomic E-state index is 6.28. The van der Waals surface area contributed by atoms with Crippen molar-refractivity contribution in [3.63, 3.8) is 0 Å². The highest BCUT2D eigenvalue weighted by Crippen LogP contribution is 2.38. The Hall–Kier alpha value is -5.22. The van der Waals surface area contributed by atoms with E-state index in [-0.39, 0.29) is 0 Å². The van der Waals surface area contributed by atoms with Crippen LogP contribution in [0.3, 0.4) is 0 Å². The predicted molar refractivity (Wildman–Crippen MR) is 153 cm³/mol. The molecule has 0 aliphatic carbocycles. The van der Waals surface area contributed by atoms with Gasteiger partial charge in [0.1, 0.15) is 22.3 Å². The molecule has 4 heteroatoms. The van der Waals surface area contributed by atoms with E-state index in [0.717, 1.165) is 77.5 Å². The molecule has 0 amide bonds. The zero-order valence-corrected chi connectivity index (χ0v) is 20.3. The van der Waals surface area contributed by atoms with Crippen molar-refractivity contribution in [3.8, 4) is 33.6 Å². The van der Waals surface area contributed by atoms with Gasteiger partial charge in [0.25, 0.3) is 0 Å². The number of hydrogen-bond donors (Lipinski definition) is 0. The van der Waals surface area contributed by atoms with Crippen LogP contribution >= 0.6 is 0 Å². The van der Waals surface area contributed by atoms with Crippen LogP contribution in [0, 0.1) is 0 Å². The van der Waals surface area contributed by atoms with E-state index >= 15 is 0 Å². The monoisotopic (exact) mass is 488 g/mol. The van der Waals surface area contributed by atoms with E-state index in [1.165, 1.54) is 0 Å². The van der Waals surface area contributed by atoms with E-state index < -0.39 is 0 Å². The molecular formula is C34H20N2O2. The molecule has 4 heterocycles. The standard InChI is InChI=1S/C34H20N2O2/c1-3-13-31-25(7-1)27-11-5-9-23(33(27)37-31)21-15-17-35-29(19-21)30-20-22(16-18-36-30)24-10-6-12-28-26-8-2-4-14-32(26)38-34(24)28/h1-20H. The van der Waals surface area contributed by atoms with Crippen molar-refractivity contribution in [2.45, 2.75) is 0 Å². The summed E-state index contributed by atoms with van der Waals surface area (Å²) in [6.45, 7) is 0. The molecule has 38 heavy (non-hydrogen) atoms. The fourth-order valence-electron chi connectivity index (χ4n) is 5.43. The summed E-state index contributed by atoms with van der Waals surface area (Å²) in [5.74, 6) is 0. The van der Waals surface area contributed by atoms with Crippen molar-refractivity contribution in [3.05, 3.63) is 122 Å². The first-order valence-corrected chi connectivity index (χ1v) is 12.6. The molecule has 0 N–H and O–H groups in total. The SMILES string of the molecule is c1ccc2c(c1)oc1c(-c3ccnc(-c4cc(-c5cccc6c5oc5ccccc56)ccn4)c3)cccc12. The van der Waals surface area contributed by atoms with E-state index in [2.05, 4.69) is 70.6 Å². The Morgan fingerprint density at radius 3 is 1.37 bits per heavy atom. The number of para-hydroxylation sites is 4. The predicted octanol–water partition coefficient (Wildman–Crippen LogP) is 9.28. The van der Waals surface area contributed by atoms with Crippen molar-refractivity contribution in [2.75, 3.05) is 0 Å². The number of pyridine rings is 2. The molecule has 0 radical (unpaired) electrons. The van der Waals surface area contributed by atoms with Gasteiger partial charge in [-0.25, -0.2) is 0 Å². The Balaban J connectivity index is 1.25. The highest BCUT2D eigenvalue weighted by Gasteiger charge is 2.15. The lowest BCUT2D eigenvalue weighted by Gasteiger charge is -2.08. The number of hydrogen-bond acceptors (Lipinski definition) is 4. The van der Waals surface area contributed by atoms with Crippen molar-refractivity contribution in [1.82, 2.24) is 9.97 Å². The molecule has 178 valence electrons. The van der Waals surface area contributed by atoms with Crippen LogP contribution in [0.2, 0.25) is 0 Å². The molecule has 0 aliphatic rings. The zero-order chi connectivity index (χ0) is 25.1. The lowest BCUT2D eigenvalue weighted by molar-refractivity contribution is 0.669. The smallest absolute Gasteiger partial charge is 0.143 e. The second kappa shape index (κ2) is 8.15. The molecule has 4 aromatic carbocycles. The molecule has 4 aromatic heterocycles. The Bertz CT molecular complexity index is 2000. The first kappa shape index (κ1) is 20.9.